The Labute approximate surface area is 351 Å². The molecule has 17 heteroatoms. The van der Waals surface area contributed by atoms with Gasteiger partial charge in [0.1, 0.15) is 22.3 Å². The van der Waals surface area contributed by atoms with Crippen LogP contribution in [0.1, 0.15) is 76.1 Å². The first-order valence-electron chi connectivity index (χ1n) is 20.1. The summed E-state index contributed by atoms with van der Waals surface area (Å²) in [5.74, 6) is -0.517. The van der Waals surface area contributed by atoms with Crippen LogP contribution < -0.4 is 5.69 Å². The van der Waals surface area contributed by atoms with Crippen LogP contribution >= 0.6 is 11.3 Å². The summed E-state index contributed by atoms with van der Waals surface area (Å²) in [4.78, 5) is 31.1. The molecule has 1 unspecified atom stereocenters. The first kappa shape index (κ1) is 38.7. The number of benzene rings is 3. The second-order valence-corrected chi connectivity index (χ2v) is 17.7. The number of imidazole rings is 1. The van der Waals surface area contributed by atoms with Crippen LogP contribution in [0.15, 0.2) is 71.9 Å². The molecule has 1 atom stereocenters. The van der Waals surface area contributed by atoms with Gasteiger partial charge in [0.05, 0.1) is 52.9 Å². The van der Waals surface area contributed by atoms with Crippen LogP contribution in [0.4, 0.5) is 8.78 Å². The van der Waals surface area contributed by atoms with E-state index in [1.807, 2.05) is 16.7 Å². The number of hydrogen-bond donors (Lipinski definition) is 1. The molecule has 0 bridgehead atoms. The van der Waals surface area contributed by atoms with Crippen LogP contribution in [0.3, 0.4) is 0 Å². The molecule has 1 N–H and O–H groups in total. The Bertz CT molecular complexity index is 3110. The molecule has 0 saturated carbocycles. The Morgan fingerprint density at radius 2 is 1.77 bits per heavy atom. The lowest BCUT2D eigenvalue weighted by atomic mass is 9.83. The third-order valence-corrected chi connectivity index (χ3v) is 12.8. The molecule has 14 nitrogen and oxygen atoms in total. The topological polar surface area (TPSA) is 143 Å². The SMILES string of the molecule is Cc1cc(-n2nc3c(c2-n2ccn(-c4ccc5c(cnn5C)c4F)c2=O)CN(C(=O)c2cc4cc(C5CCOC(C)(C)C5)ccc4n2Cc2nnc(O)s2)CC3)cc(C)c1F. The van der Waals surface area contributed by atoms with Crippen molar-refractivity contribution < 1.29 is 23.4 Å². The van der Waals surface area contributed by atoms with Crippen molar-refractivity contribution in [1.29, 1.82) is 0 Å². The number of fused-ring (bicyclic) bond motifs is 3. The summed E-state index contributed by atoms with van der Waals surface area (Å²) in [5, 5.41) is 28.7. The second-order valence-electron chi connectivity index (χ2n) is 16.7. The molecule has 1 saturated heterocycles. The van der Waals surface area contributed by atoms with Crippen molar-refractivity contribution >= 4 is 39.0 Å². The van der Waals surface area contributed by atoms with Gasteiger partial charge in [-0.05, 0) is 106 Å². The summed E-state index contributed by atoms with van der Waals surface area (Å²) in [7, 11) is 1.72. The van der Waals surface area contributed by atoms with Gasteiger partial charge in [0.25, 0.3) is 11.1 Å². The Kier molecular flexibility index (Phi) is 9.10. The first-order valence-corrected chi connectivity index (χ1v) is 20.9. The molecule has 61 heavy (non-hydrogen) atoms. The molecule has 0 aliphatic carbocycles. The highest BCUT2D eigenvalue weighted by molar-refractivity contribution is 7.12. The van der Waals surface area contributed by atoms with Crippen LogP contribution in [-0.2, 0) is 31.3 Å². The molecule has 0 radical (unpaired) electrons. The van der Waals surface area contributed by atoms with E-state index in [0.717, 1.165) is 35.1 Å². The first-order chi connectivity index (χ1) is 29.2. The lowest BCUT2D eigenvalue weighted by molar-refractivity contribution is -0.0592. The molecule has 5 aromatic heterocycles. The average molecular weight is 845 g/mol. The van der Waals surface area contributed by atoms with Crippen molar-refractivity contribution in [3.8, 4) is 22.4 Å². The van der Waals surface area contributed by atoms with Crippen molar-refractivity contribution in [2.45, 2.75) is 71.6 Å². The number of aryl methyl sites for hydroxylation is 3. The predicted octanol–water partition coefficient (Wildman–Crippen LogP) is 7.03. The van der Waals surface area contributed by atoms with Gasteiger partial charge in [-0.25, -0.2) is 18.3 Å². The van der Waals surface area contributed by atoms with E-state index >= 15 is 4.39 Å². The van der Waals surface area contributed by atoms with Crippen LogP contribution in [0, 0.1) is 25.5 Å². The Morgan fingerprint density at radius 3 is 2.52 bits per heavy atom. The van der Waals surface area contributed by atoms with Gasteiger partial charge in [-0.3, -0.25) is 18.6 Å². The van der Waals surface area contributed by atoms with E-state index in [1.165, 1.54) is 27.1 Å². The van der Waals surface area contributed by atoms with Gasteiger partial charge in [0, 0.05) is 55.5 Å². The molecule has 2 aliphatic rings. The number of amides is 1. The van der Waals surface area contributed by atoms with Crippen LogP contribution in [-0.4, -0.2) is 78.1 Å². The number of aromatic hydroxyl groups is 1. The minimum Gasteiger partial charge on any atom is -0.485 e. The normalized spacial score (nSPS) is 16.5. The van der Waals surface area contributed by atoms with Gasteiger partial charge in [-0.2, -0.15) is 10.2 Å². The number of nitrogens with zero attached hydrogens (tertiary/aromatic N) is 10. The van der Waals surface area contributed by atoms with Gasteiger partial charge in [-0.1, -0.05) is 17.4 Å². The highest BCUT2D eigenvalue weighted by Gasteiger charge is 2.34. The number of rotatable bonds is 7. The molecule has 10 rings (SSSR count). The predicted molar refractivity (Wildman–Crippen MR) is 225 cm³/mol. The number of halogens is 2. The largest absolute Gasteiger partial charge is 0.485 e. The monoisotopic (exact) mass is 844 g/mol. The lowest BCUT2D eigenvalue weighted by Crippen LogP contribution is -2.37. The molecule has 1 amide bonds. The quantitative estimate of drug-likeness (QED) is 0.180. The molecule has 1 fully saturated rings. The fourth-order valence-corrected chi connectivity index (χ4v) is 9.68. The molecule has 312 valence electrons. The lowest BCUT2D eigenvalue weighted by Gasteiger charge is -2.35. The van der Waals surface area contributed by atoms with E-state index in [4.69, 9.17) is 9.84 Å². The van der Waals surface area contributed by atoms with Gasteiger partial charge < -0.3 is 19.3 Å². The molecule has 7 heterocycles. The van der Waals surface area contributed by atoms with Crippen LogP contribution in [0.25, 0.3) is 39.0 Å². The fraction of sp³-hybridized carbons (Fsp3) is 0.318. The van der Waals surface area contributed by atoms with E-state index in [-0.39, 0.29) is 46.7 Å². The molecular weight excluding hydrogens is 803 g/mol. The maximum Gasteiger partial charge on any atom is 0.338 e. The van der Waals surface area contributed by atoms with E-state index in [9.17, 15) is 19.1 Å². The zero-order valence-electron chi connectivity index (χ0n) is 34.2. The van der Waals surface area contributed by atoms with E-state index in [0.29, 0.717) is 75.6 Å². The Hall–Kier alpha value is -6.46. The van der Waals surface area contributed by atoms with E-state index < -0.39 is 11.5 Å². The van der Waals surface area contributed by atoms with Gasteiger partial charge in [0.15, 0.2) is 5.82 Å². The second kappa shape index (κ2) is 14.3. The summed E-state index contributed by atoms with van der Waals surface area (Å²) < 4.78 is 44.7. The molecule has 8 aromatic rings. The number of hydrogen-bond acceptors (Lipinski definition) is 9. The number of carbonyl (C=O) groups excluding carboxylic acids is 1. The Morgan fingerprint density at radius 1 is 1.00 bits per heavy atom. The highest BCUT2D eigenvalue weighted by Crippen LogP contribution is 2.38. The van der Waals surface area contributed by atoms with Crippen LogP contribution in [0.5, 0.6) is 5.19 Å². The molecule has 2 aliphatic heterocycles. The minimum absolute atomic E-state index is 0.0507. The molecule has 0 spiro atoms. The van der Waals surface area contributed by atoms with Crippen molar-refractivity contribution in [3.05, 3.63) is 128 Å². The van der Waals surface area contributed by atoms with Crippen molar-refractivity contribution in [2.75, 3.05) is 13.2 Å². The summed E-state index contributed by atoms with van der Waals surface area (Å²) in [6.45, 7) is 8.87. The van der Waals surface area contributed by atoms with Gasteiger partial charge >= 0.3 is 5.69 Å². The fourth-order valence-electron chi connectivity index (χ4n) is 9.11. The summed E-state index contributed by atoms with van der Waals surface area (Å²) in [6, 6.07) is 14.8. The summed E-state index contributed by atoms with van der Waals surface area (Å²) in [6.07, 6.45) is 6.62. The Balaban J connectivity index is 1.07. The summed E-state index contributed by atoms with van der Waals surface area (Å²) >= 11 is 1.05. The highest BCUT2D eigenvalue weighted by atomic mass is 32.1. The van der Waals surface area contributed by atoms with Gasteiger partial charge in [0.2, 0.25) is 0 Å². The zero-order valence-corrected chi connectivity index (χ0v) is 35.0. The third-order valence-electron chi connectivity index (χ3n) is 12.1. The maximum atomic E-state index is 16.0. The van der Waals surface area contributed by atoms with Crippen molar-refractivity contribution in [1.82, 2.24) is 48.4 Å². The molecule has 3 aromatic carbocycles. The van der Waals surface area contributed by atoms with Crippen molar-refractivity contribution in [2.24, 2.45) is 7.05 Å². The van der Waals surface area contributed by atoms with E-state index in [1.54, 1.807) is 65.6 Å². The minimum atomic E-state index is -0.592. The van der Waals surface area contributed by atoms with Gasteiger partial charge in [-0.15, -0.1) is 10.2 Å². The number of carbonyl (C=O) groups is 1. The number of ether oxygens (including phenoxy) is 1. The smallest absolute Gasteiger partial charge is 0.338 e. The third kappa shape index (κ3) is 6.53. The standard InChI is InChI=1S/C44H42F2N10O4S/c1-24-16-29(17-25(2)38(24)45)56-40(54-14-13-53(43(54)59)35-9-8-34-30(39(35)46)21-47-51(34)5)31-22-52(12-10-32(31)50-56)41(57)36-19-28-18-26(27-11-15-60-44(3,4)20-27)6-7-33(28)55(36)23-37-48-49-42(58)61-37/h6-9,13-14,16-19,21,27H,10-12,15,20,22-23H2,1-5H3,(H,49,58). The summed E-state index contributed by atoms with van der Waals surface area (Å²) in [5.41, 5.74) is 4.93. The van der Waals surface area contributed by atoms with Crippen molar-refractivity contribution in [3.63, 3.8) is 0 Å². The molecular formula is C44H42F2N10O4S. The maximum absolute atomic E-state index is 16.0. The zero-order chi connectivity index (χ0) is 42.5. The van der Waals surface area contributed by atoms with E-state index in [2.05, 4.69) is 41.3 Å². The number of aromatic nitrogens is 9. The average Bonchev–Trinajstić information content (AvgIpc) is 4.07. The van der Waals surface area contributed by atoms with Crippen LogP contribution in [0.2, 0.25) is 0 Å².